The van der Waals surface area contributed by atoms with Gasteiger partial charge in [0.1, 0.15) is 11.6 Å². The van der Waals surface area contributed by atoms with Crippen molar-refractivity contribution < 1.29 is 4.39 Å². The van der Waals surface area contributed by atoms with Crippen molar-refractivity contribution in [2.75, 3.05) is 7.05 Å². The van der Waals surface area contributed by atoms with Gasteiger partial charge >= 0.3 is 0 Å². The molecule has 1 aromatic carbocycles. The molecule has 0 amide bonds. The molecule has 0 saturated heterocycles. The third kappa shape index (κ3) is 2.22. The van der Waals surface area contributed by atoms with Crippen molar-refractivity contribution in [2.24, 2.45) is 7.05 Å². The predicted octanol–water partition coefficient (Wildman–Crippen LogP) is 2.25. The molecule has 1 aromatic heterocycles. The number of benzene rings is 1. The number of aromatic nitrogens is 2. The Bertz CT molecular complexity index is 531. The molecule has 0 atom stereocenters. The number of aryl methyl sites for hydroxylation is 1. The average Bonchev–Trinajstić information content (AvgIpc) is 2.61. The molecule has 90 valence electrons. The van der Waals surface area contributed by atoms with Gasteiger partial charge in [0, 0.05) is 19.2 Å². The van der Waals surface area contributed by atoms with Gasteiger partial charge in [0.15, 0.2) is 0 Å². The highest BCUT2D eigenvalue weighted by molar-refractivity contribution is 5.60. The van der Waals surface area contributed by atoms with Crippen LogP contribution in [-0.4, -0.2) is 16.6 Å². The van der Waals surface area contributed by atoms with Crippen LogP contribution in [-0.2, 0) is 13.6 Å². The van der Waals surface area contributed by atoms with Crippen molar-refractivity contribution in [1.82, 2.24) is 14.9 Å². The van der Waals surface area contributed by atoms with Crippen LogP contribution in [0.5, 0.6) is 0 Å². The fraction of sp³-hybridized carbons (Fsp3) is 0.308. The number of halogens is 1. The smallest absolute Gasteiger partial charge is 0.132 e. The summed E-state index contributed by atoms with van der Waals surface area (Å²) in [6.45, 7) is 2.57. The van der Waals surface area contributed by atoms with E-state index in [4.69, 9.17) is 0 Å². The summed E-state index contributed by atoms with van der Waals surface area (Å²) in [7, 11) is 3.73. The molecule has 1 N–H and O–H groups in total. The Balaban J connectivity index is 2.43. The topological polar surface area (TPSA) is 29.9 Å². The third-order valence-electron chi connectivity index (χ3n) is 2.91. The average molecular weight is 233 g/mol. The molecule has 2 rings (SSSR count). The van der Waals surface area contributed by atoms with E-state index in [1.54, 1.807) is 18.3 Å². The number of hydrogen-bond donors (Lipinski definition) is 1. The highest BCUT2D eigenvalue weighted by atomic mass is 19.1. The standard InChI is InChI=1S/C13H16FN3/c1-9-16-8-13(17(9)3)11-5-4-10(7-15-2)6-12(11)14/h4-6,8,15H,7H2,1-3H3. The first kappa shape index (κ1) is 11.8. The van der Waals surface area contributed by atoms with Gasteiger partial charge in [-0.25, -0.2) is 9.37 Å². The second kappa shape index (κ2) is 4.67. The number of rotatable bonds is 3. The Kier molecular flexibility index (Phi) is 3.24. The molecule has 0 aliphatic rings. The fourth-order valence-electron chi connectivity index (χ4n) is 1.83. The van der Waals surface area contributed by atoms with E-state index >= 15 is 0 Å². The summed E-state index contributed by atoms with van der Waals surface area (Å²) >= 11 is 0. The lowest BCUT2D eigenvalue weighted by atomic mass is 10.1. The Morgan fingerprint density at radius 3 is 2.71 bits per heavy atom. The highest BCUT2D eigenvalue weighted by Gasteiger charge is 2.10. The van der Waals surface area contributed by atoms with Crippen LogP contribution in [0.3, 0.4) is 0 Å². The van der Waals surface area contributed by atoms with E-state index in [0.717, 1.165) is 17.1 Å². The van der Waals surface area contributed by atoms with E-state index in [2.05, 4.69) is 10.3 Å². The fourth-order valence-corrected chi connectivity index (χ4v) is 1.83. The van der Waals surface area contributed by atoms with E-state index in [1.807, 2.05) is 31.7 Å². The molecule has 0 fully saturated rings. The van der Waals surface area contributed by atoms with Crippen LogP contribution in [0.25, 0.3) is 11.3 Å². The van der Waals surface area contributed by atoms with Crippen molar-refractivity contribution in [3.8, 4) is 11.3 Å². The predicted molar refractivity (Wildman–Crippen MR) is 66.1 cm³/mol. The van der Waals surface area contributed by atoms with Crippen LogP contribution in [0.15, 0.2) is 24.4 Å². The molecule has 0 radical (unpaired) electrons. The zero-order chi connectivity index (χ0) is 12.4. The van der Waals surface area contributed by atoms with Crippen molar-refractivity contribution in [1.29, 1.82) is 0 Å². The van der Waals surface area contributed by atoms with Crippen LogP contribution in [0.4, 0.5) is 4.39 Å². The third-order valence-corrected chi connectivity index (χ3v) is 2.91. The van der Waals surface area contributed by atoms with E-state index in [0.29, 0.717) is 12.1 Å². The lowest BCUT2D eigenvalue weighted by Gasteiger charge is -2.07. The Morgan fingerprint density at radius 1 is 1.41 bits per heavy atom. The van der Waals surface area contributed by atoms with Gasteiger partial charge in [-0.1, -0.05) is 6.07 Å². The van der Waals surface area contributed by atoms with Crippen LogP contribution in [0, 0.1) is 12.7 Å². The maximum atomic E-state index is 14.0. The molecule has 1 heterocycles. The highest BCUT2D eigenvalue weighted by Crippen LogP contribution is 2.23. The second-order valence-electron chi connectivity index (χ2n) is 4.09. The van der Waals surface area contributed by atoms with Gasteiger partial charge in [0.05, 0.1) is 11.9 Å². The van der Waals surface area contributed by atoms with Crippen LogP contribution >= 0.6 is 0 Å². The molecule has 0 spiro atoms. The summed E-state index contributed by atoms with van der Waals surface area (Å²) in [4.78, 5) is 4.18. The second-order valence-corrected chi connectivity index (χ2v) is 4.09. The van der Waals surface area contributed by atoms with Crippen LogP contribution in [0.2, 0.25) is 0 Å². The molecular formula is C13H16FN3. The summed E-state index contributed by atoms with van der Waals surface area (Å²) in [5, 5.41) is 3.00. The number of nitrogens with zero attached hydrogens (tertiary/aromatic N) is 2. The first-order valence-electron chi connectivity index (χ1n) is 5.55. The molecule has 17 heavy (non-hydrogen) atoms. The van der Waals surface area contributed by atoms with Gasteiger partial charge in [-0.2, -0.15) is 0 Å². The molecule has 0 saturated carbocycles. The van der Waals surface area contributed by atoms with Crippen LogP contribution < -0.4 is 5.32 Å². The van der Waals surface area contributed by atoms with Crippen molar-refractivity contribution in [2.45, 2.75) is 13.5 Å². The van der Waals surface area contributed by atoms with Gasteiger partial charge in [-0.05, 0) is 31.7 Å². The lowest BCUT2D eigenvalue weighted by molar-refractivity contribution is 0.625. The first-order chi connectivity index (χ1) is 8.13. The maximum Gasteiger partial charge on any atom is 0.132 e. The summed E-state index contributed by atoms with van der Waals surface area (Å²) in [5.74, 6) is 0.666. The monoisotopic (exact) mass is 233 g/mol. The Morgan fingerprint density at radius 2 is 2.18 bits per heavy atom. The normalized spacial score (nSPS) is 10.8. The molecule has 2 aromatic rings. The van der Waals surface area contributed by atoms with Crippen molar-refractivity contribution >= 4 is 0 Å². The number of imidazole rings is 1. The zero-order valence-electron chi connectivity index (χ0n) is 10.3. The SMILES string of the molecule is CNCc1ccc(-c2cnc(C)n2C)c(F)c1. The van der Waals surface area contributed by atoms with Gasteiger partial charge in [-0.15, -0.1) is 0 Å². The zero-order valence-corrected chi connectivity index (χ0v) is 10.3. The van der Waals surface area contributed by atoms with Gasteiger partial charge in [0.25, 0.3) is 0 Å². The minimum absolute atomic E-state index is 0.208. The first-order valence-corrected chi connectivity index (χ1v) is 5.55. The summed E-state index contributed by atoms with van der Waals surface area (Å²) < 4.78 is 15.9. The largest absolute Gasteiger partial charge is 0.331 e. The number of hydrogen-bond acceptors (Lipinski definition) is 2. The van der Waals surface area contributed by atoms with E-state index in [1.165, 1.54) is 0 Å². The van der Waals surface area contributed by atoms with Crippen molar-refractivity contribution in [3.05, 3.63) is 41.6 Å². The minimum atomic E-state index is -0.208. The summed E-state index contributed by atoms with van der Waals surface area (Å²) in [6.07, 6.45) is 1.70. The van der Waals surface area contributed by atoms with E-state index in [-0.39, 0.29) is 5.82 Å². The molecule has 0 aliphatic heterocycles. The Labute approximate surface area is 100 Å². The van der Waals surface area contributed by atoms with Crippen LogP contribution in [0.1, 0.15) is 11.4 Å². The summed E-state index contributed by atoms with van der Waals surface area (Å²) in [6, 6.07) is 5.30. The van der Waals surface area contributed by atoms with E-state index < -0.39 is 0 Å². The number of nitrogens with one attached hydrogen (secondary N) is 1. The molecule has 0 unspecified atom stereocenters. The van der Waals surface area contributed by atoms with Crippen molar-refractivity contribution in [3.63, 3.8) is 0 Å². The van der Waals surface area contributed by atoms with E-state index in [9.17, 15) is 4.39 Å². The summed E-state index contributed by atoms with van der Waals surface area (Å²) in [5.41, 5.74) is 2.33. The molecule has 4 heteroatoms. The molecule has 0 bridgehead atoms. The molecular weight excluding hydrogens is 217 g/mol. The minimum Gasteiger partial charge on any atom is -0.331 e. The Hall–Kier alpha value is -1.68. The molecule has 0 aliphatic carbocycles. The lowest BCUT2D eigenvalue weighted by Crippen LogP contribution is -2.05. The van der Waals surface area contributed by atoms with Gasteiger partial charge in [-0.3, -0.25) is 0 Å². The maximum absolute atomic E-state index is 14.0. The quantitative estimate of drug-likeness (QED) is 0.881. The molecule has 3 nitrogen and oxygen atoms in total. The van der Waals surface area contributed by atoms with Gasteiger partial charge < -0.3 is 9.88 Å². The van der Waals surface area contributed by atoms with Gasteiger partial charge in [0.2, 0.25) is 0 Å².